The van der Waals surface area contributed by atoms with Crippen molar-refractivity contribution in [3.05, 3.63) is 78.0 Å². The van der Waals surface area contributed by atoms with Gasteiger partial charge in [-0.15, -0.1) is 0 Å². The molecule has 1 heterocycles. The standard InChI is InChI=1S/C20H19N3O4S.C2HF3O2/c1-14-6-11-17(18(13-14)27-2)20(24)22-15-7-9-16(10-8-15)28(25,26)23-19-5-3-4-12-21-19;3-2(4,5)1(6)7/h3-13H,1-2H3,(H,21,23)(H,22,24);(H,6,7). The number of carboxylic acids is 1. The first kappa shape index (κ1) is 27.1. The number of rotatable bonds is 6. The number of anilines is 2. The van der Waals surface area contributed by atoms with E-state index in [9.17, 15) is 26.4 Å². The Morgan fingerprint density at radius 2 is 1.66 bits per heavy atom. The SMILES string of the molecule is COc1cc(C)ccc1C(=O)Nc1ccc(S(=O)(=O)Nc2ccccn2)cc1.O=C(O)C(F)(F)F. The van der Waals surface area contributed by atoms with Crippen LogP contribution in [0.15, 0.2) is 71.8 Å². The summed E-state index contributed by atoms with van der Waals surface area (Å²) in [6.45, 7) is 1.91. The van der Waals surface area contributed by atoms with Crippen LogP contribution in [0.3, 0.4) is 0 Å². The van der Waals surface area contributed by atoms with E-state index in [0.717, 1.165) is 5.56 Å². The Hall–Kier alpha value is -4.13. The fourth-order valence-corrected chi connectivity index (χ4v) is 3.53. The zero-order valence-corrected chi connectivity index (χ0v) is 19.1. The number of amides is 1. The fraction of sp³-hybridized carbons (Fsp3) is 0.136. The van der Waals surface area contributed by atoms with E-state index in [1.807, 2.05) is 13.0 Å². The first-order chi connectivity index (χ1) is 16.3. The lowest BCUT2D eigenvalue weighted by Gasteiger charge is -2.11. The van der Waals surface area contributed by atoms with Crippen LogP contribution in [0.1, 0.15) is 15.9 Å². The van der Waals surface area contributed by atoms with Gasteiger partial charge in [0, 0.05) is 11.9 Å². The number of methoxy groups -OCH3 is 1. The lowest BCUT2D eigenvalue weighted by molar-refractivity contribution is -0.192. The molecule has 186 valence electrons. The Morgan fingerprint density at radius 3 is 2.17 bits per heavy atom. The minimum Gasteiger partial charge on any atom is -0.496 e. The second kappa shape index (κ2) is 11.3. The number of aromatic nitrogens is 1. The van der Waals surface area contributed by atoms with Crippen LogP contribution in [0.4, 0.5) is 24.7 Å². The van der Waals surface area contributed by atoms with E-state index < -0.39 is 22.2 Å². The van der Waals surface area contributed by atoms with Crippen LogP contribution in [-0.2, 0) is 14.8 Å². The summed E-state index contributed by atoms with van der Waals surface area (Å²) >= 11 is 0. The zero-order valence-electron chi connectivity index (χ0n) is 18.3. The molecule has 0 saturated carbocycles. The van der Waals surface area contributed by atoms with Gasteiger partial charge in [-0.05, 0) is 61.0 Å². The molecule has 0 aliphatic heterocycles. The maximum Gasteiger partial charge on any atom is 0.490 e. The molecule has 0 unspecified atom stereocenters. The number of carboxylic acid groups (broad SMARTS) is 1. The monoisotopic (exact) mass is 511 g/mol. The van der Waals surface area contributed by atoms with E-state index in [2.05, 4.69) is 15.0 Å². The molecule has 3 rings (SSSR count). The highest BCUT2D eigenvalue weighted by molar-refractivity contribution is 7.92. The van der Waals surface area contributed by atoms with Crippen molar-refractivity contribution in [1.82, 2.24) is 4.98 Å². The van der Waals surface area contributed by atoms with Gasteiger partial charge in [-0.2, -0.15) is 13.2 Å². The Morgan fingerprint density at radius 1 is 1.03 bits per heavy atom. The van der Waals surface area contributed by atoms with Crippen LogP contribution in [0.2, 0.25) is 0 Å². The maximum atomic E-state index is 12.5. The van der Waals surface area contributed by atoms with Gasteiger partial charge in [-0.3, -0.25) is 9.52 Å². The summed E-state index contributed by atoms with van der Waals surface area (Å²) in [5, 5.41) is 9.86. The number of ether oxygens (including phenoxy) is 1. The predicted molar refractivity (Wildman–Crippen MR) is 121 cm³/mol. The molecule has 35 heavy (non-hydrogen) atoms. The van der Waals surface area contributed by atoms with Gasteiger partial charge in [0.1, 0.15) is 11.6 Å². The minimum absolute atomic E-state index is 0.0593. The first-order valence-electron chi connectivity index (χ1n) is 9.63. The Bertz CT molecular complexity index is 1280. The number of sulfonamides is 1. The quantitative estimate of drug-likeness (QED) is 0.454. The fourth-order valence-electron chi connectivity index (χ4n) is 2.52. The normalized spacial score (nSPS) is 11.0. The second-order valence-corrected chi connectivity index (χ2v) is 8.49. The molecule has 0 bridgehead atoms. The number of carbonyl (C=O) groups excluding carboxylic acids is 1. The maximum absolute atomic E-state index is 12.5. The van der Waals surface area contributed by atoms with Crippen molar-refractivity contribution in [1.29, 1.82) is 0 Å². The number of alkyl halides is 3. The summed E-state index contributed by atoms with van der Waals surface area (Å²) in [5.74, 6) is -2.41. The summed E-state index contributed by atoms with van der Waals surface area (Å²) in [6, 6.07) is 16.1. The molecule has 0 saturated heterocycles. The number of halogens is 3. The molecule has 0 atom stereocenters. The van der Waals surface area contributed by atoms with Crippen molar-refractivity contribution < 1.29 is 41.0 Å². The smallest absolute Gasteiger partial charge is 0.490 e. The predicted octanol–water partition coefficient (Wildman–Crippen LogP) is 4.09. The van der Waals surface area contributed by atoms with Gasteiger partial charge in [-0.25, -0.2) is 18.2 Å². The molecule has 3 N–H and O–H groups in total. The number of pyridine rings is 1. The largest absolute Gasteiger partial charge is 0.496 e. The van der Waals surface area contributed by atoms with Crippen molar-refractivity contribution in [2.45, 2.75) is 18.0 Å². The summed E-state index contributed by atoms with van der Waals surface area (Å²) in [4.78, 5) is 25.4. The number of aliphatic carboxylic acids is 1. The molecule has 13 heteroatoms. The Labute approximate surface area is 198 Å². The van der Waals surface area contributed by atoms with Crippen molar-refractivity contribution >= 4 is 33.4 Å². The number of nitrogens with one attached hydrogen (secondary N) is 2. The van der Waals surface area contributed by atoms with Crippen molar-refractivity contribution in [3.8, 4) is 5.75 Å². The molecule has 3 aromatic rings. The van der Waals surface area contributed by atoms with Crippen LogP contribution in [0.25, 0.3) is 0 Å². The third-order valence-electron chi connectivity index (χ3n) is 4.17. The highest BCUT2D eigenvalue weighted by Gasteiger charge is 2.38. The highest BCUT2D eigenvalue weighted by Crippen LogP contribution is 2.22. The molecule has 1 amide bonds. The molecular formula is C22H20F3N3O6S. The number of benzene rings is 2. The molecule has 9 nitrogen and oxygen atoms in total. The van der Waals surface area contributed by atoms with Crippen molar-refractivity contribution in [3.63, 3.8) is 0 Å². The number of hydrogen-bond acceptors (Lipinski definition) is 6. The van der Waals surface area contributed by atoms with E-state index in [1.54, 1.807) is 30.3 Å². The van der Waals surface area contributed by atoms with Gasteiger partial charge in [0.05, 0.1) is 17.6 Å². The third kappa shape index (κ3) is 7.99. The van der Waals surface area contributed by atoms with Gasteiger partial charge >= 0.3 is 12.1 Å². The van der Waals surface area contributed by atoms with Crippen LogP contribution in [-0.4, -0.2) is 43.7 Å². The lowest BCUT2D eigenvalue weighted by Crippen LogP contribution is -2.21. The molecule has 1 aromatic heterocycles. The Balaban J connectivity index is 0.000000540. The molecule has 2 aromatic carbocycles. The molecule has 0 fully saturated rings. The van der Waals surface area contributed by atoms with Gasteiger partial charge < -0.3 is 15.2 Å². The number of hydrogen-bond donors (Lipinski definition) is 3. The van der Waals surface area contributed by atoms with E-state index >= 15 is 0 Å². The Kier molecular flexibility index (Phi) is 8.78. The van der Waals surface area contributed by atoms with E-state index in [4.69, 9.17) is 14.6 Å². The molecule has 0 aliphatic rings. The average molecular weight is 511 g/mol. The third-order valence-corrected chi connectivity index (χ3v) is 5.54. The zero-order chi connectivity index (χ0) is 26.2. The van der Waals surface area contributed by atoms with Gasteiger partial charge in [0.15, 0.2) is 0 Å². The number of nitrogens with zero attached hydrogens (tertiary/aromatic N) is 1. The lowest BCUT2D eigenvalue weighted by atomic mass is 10.1. The van der Waals surface area contributed by atoms with Crippen LogP contribution in [0, 0.1) is 6.92 Å². The van der Waals surface area contributed by atoms with E-state index in [-0.39, 0.29) is 16.6 Å². The molecule has 0 spiro atoms. The van der Waals surface area contributed by atoms with Crippen molar-refractivity contribution in [2.24, 2.45) is 0 Å². The summed E-state index contributed by atoms with van der Waals surface area (Å²) in [5.41, 5.74) is 1.83. The number of carbonyl (C=O) groups is 2. The minimum atomic E-state index is -5.08. The van der Waals surface area contributed by atoms with Crippen LogP contribution < -0.4 is 14.8 Å². The van der Waals surface area contributed by atoms with Crippen LogP contribution in [0.5, 0.6) is 5.75 Å². The van der Waals surface area contributed by atoms with E-state index in [1.165, 1.54) is 37.6 Å². The molecular weight excluding hydrogens is 491 g/mol. The topological polar surface area (TPSA) is 135 Å². The summed E-state index contributed by atoms with van der Waals surface area (Å²) < 4.78 is 64.2. The average Bonchev–Trinajstić information content (AvgIpc) is 2.79. The van der Waals surface area contributed by atoms with Gasteiger partial charge in [0.2, 0.25) is 0 Å². The van der Waals surface area contributed by atoms with Crippen LogP contribution >= 0.6 is 0 Å². The molecule has 0 aliphatic carbocycles. The van der Waals surface area contributed by atoms with E-state index in [0.29, 0.717) is 17.0 Å². The summed E-state index contributed by atoms with van der Waals surface area (Å²) in [6.07, 6.45) is -3.59. The number of aryl methyl sites for hydroxylation is 1. The molecule has 0 radical (unpaired) electrons. The second-order valence-electron chi connectivity index (χ2n) is 6.81. The van der Waals surface area contributed by atoms with Gasteiger partial charge in [-0.1, -0.05) is 12.1 Å². The van der Waals surface area contributed by atoms with Crippen molar-refractivity contribution in [2.75, 3.05) is 17.1 Å². The van der Waals surface area contributed by atoms with Gasteiger partial charge in [0.25, 0.3) is 15.9 Å². The summed E-state index contributed by atoms with van der Waals surface area (Å²) in [7, 11) is -2.27. The first-order valence-corrected chi connectivity index (χ1v) is 11.1. The highest BCUT2D eigenvalue weighted by atomic mass is 32.2.